The van der Waals surface area contributed by atoms with Crippen molar-refractivity contribution in [2.45, 2.75) is 302 Å². The first-order valence-electron chi connectivity index (χ1n) is 35.7. The third-order valence-corrected chi connectivity index (χ3v) is 16.3. The van der Waals surface area contributed by atoms with Crippen LogP contribution in [0.1, 0.15) is 290 Å². The van der Waals surface area contributed by atoms with Gasteiger partial charge in [0.1, 0.15) is 13.2 Å². The van der Waals surface area contributed by atoms with E-state index in [2.05, 4.69) is 153 Å². The van der Waals surface area contributed by atoms with Crippen LogP contribution < -0.4 is 5.32 Å². The molecule has 0 saturated heterocycles. The Labute approximate surface area is 538 Å². The van der Waals surface area contributed by atoms with Gasteiger partial charge in [0, 0.05) is 6.42 Å². The number of carbonyl (C=O) groups is 1. The summed E-state index contributed by atoms with van der Waals surface area (Å²) in [5.41, 5.74) is 0. The molecule has 9 heteroatoms. The van der Waals surface area contributed by atoms with Gasteiger partial charge in [-0.3, -0.25) is 13.8 Å². The van der Waals surface area contributed by atoms with Crippen LogP contribution in [0.25, 0.3) is 0 Å². The minimum atomic E-state index is -4.39. The smallest absolute Gasteiger partial charge is 0.387 e. The molecule has 0 aliphatic heterocycles. The number of aliphatic hydroxyl groups excluding tert-OH is 1. The van der Waals surface area contributed by atoms with Crippen molar-refractivity contribution < 1.29 is 32.9 Å². The fourth-order valence-electron chi connectivity index (χ4n) is 9.79. The summed E-state index contributed by atoms with van der Waals surface area (Å²) in [7, 11) is 1.51. The fourth-order valence-corrected chi connectivity index (χ4v) is 10.5. The number of likely N-dealkylation sites (N-methyl/N-ethyl adjacent to an activating group) is 1. The molecular formula is C78H136N2O6P+. The molecule has 0 saturated carbocycles. The first-order chi connectivity index (χ1) is 42.5. The van der Waals surface area contributed by atoms with E-state index in [9.17, 15) is 19.4 Å². The molecule has 3 unspecified atom stereocenters. The number of phosphoric acid groups is 1. The lowest BCUT2D eigenvalue weighted by Gasteiger charge is -2.25. The Balaban J connectivity index is 4.24. The first kappa shape index (κ1) is 83.4. The summed E-state index contributed by atoms with van der Waals surface area (Å²) < 4.78 is 23.8. The van der Waals surface area contributed by atoms with Crippen molar-refractivity contribution in [1.82, 2.24) is 5.32 Å². The summed E-state index contributed by atoms with van der Waals surface area (Å²) in [6.45, 7) is 4.66. The van der Waals surface area contributed by atoms with E-state index >= 15 is 0 Å². The van der Waals surface area contributed by atoms with E-state index in [4.69, 9.17) is 9.05 Å². The molecule has 0 spiro atoms. The molecule has 1 amide bonds. The lowest BCUT2D eigenvalue weighted by atomic mass is 10.0. The van der Waals surface area contributed by atoms with Crippen molar-refractivity contribution in [3.8, 4) is 0 Å². The van der Waals surface area contributed by atoms with E-state index in [0.717, 1.165) is 96.3 Å². The summed E-state index contributed by atoms with van der Waals surface area (Å²) in [5.74, 6) is -0.232. The number of phosphoric ester groups is 1. The van der Waals surface area contributed by atoms with E-state index in [1.54, 1.807) is 6.08 Å². The van der Waals surface area contributed by atoms with Crippen molar-refractivity contribution in [2.24, 2.45) is 0 Å². The van der Waals surface area contributed by atoms with Gasteiger partial charge >= 0.3 is 7.82 Å². The molecular weight excluding hydrogens is 1090 g/mol. The standard InChI is InChI=1S/C78H135N2O6P/c1-6-8-10-12-14-16-18-20-22-24-26-28-30-32-34-36-38-40-42-44-46-48-50-52-54-56-58-60-62-64-66-68-70-72-78(82)79-76(75-86-87(83,84)85-74-73-80(3,4)5)77(81)71-69-67-65-63-61-59-57-55-53-51-49-47-45-43-41-39-37-35-33-31-29-27-25-23-21-19-17-15-13-11-9-7-2/h8,10,14,16,20,22,26,28,32,34,38,40,44,46,50,52,56,58,61-64,69,71,76-77,81H,6-7,9,11-13,15,17-19,21,23-25,27,29-31,33,35-37,39,41-43,45,47-49,51,53-55,57,59-60,65-68,70,72-75H2,1-5H3,(H-,79,82,83,84)/p+1/b10-8-,16-14-,22-20-,28-26-,34-32-,40-38-,46-44-,52-50-,58-56-,63-61+,64-62-,71-69+. The quantitative estimate of drug-likeness (QED) is 0.0243. The molecule has 0 heterocycles. The summed E-state index contributed by atoms with van der Waals surface area (Å²) in [6.07, 6.45) is 103. The number of nitrogens with one attached hydrogen (secondary N) is 1. The molecule has 0 aliphatic carbocycles. The highest BCUT2D eigenvalue weighted by atomic mass is 31.2. The lowest BCUT2D eigenvalue weighted by Crippen LogP contribution is -2.45. The van der Waals surface area contributed by atoms with Crippen molar-refractivity contribution >= 4 is 13.7 Å². The molecule has 0 aromatic rings. The maximum atomic E-state index is 13.0. The minimum absolute atomic E-state index is 0.0395. The molecule has 0 radical (unpaired) electrons. The molecule has 0 rings (SSSR count). The van der Waals surface area contributed by atoms with Gasteiger partial charge in [0.15, 0.2) is 0 Å². The van der Waals surface area contributed by atoms with Crippen molar-refractivity contribution in [3.05, 3.63) is 146 Å². The molecule has 498 valence electrons. The lowest BCUT2D eigenvalue weighted by molar-refractivity contribution is -0.870. The maximum Gasteiger partial charge on any atom is 0.472 e. The Morgan fingerprint density at radius 2 is 0.701 bits per heavy atom. The molecule has 0 fully saturated rings. The van der Waals surface area contributed by atoms with Gasteiger partial charge in [0.05, 0.1) is 39.9 Å². The van der Waals surface area contributed by atoms with Crippen molar-refractivity contribution in [2.75, 3.05) is 40.9 Å². The SMILES string of the molecule is CC/C=C\C/C=C\C/C=C\C/C=C\C/C=C\C/C=C\C/C=C\C/C=C\C/C=C\C/C=C\CCCCC(=O)NC(COP(=O)(O)OCC[N+](C)(C)C)C(O)/C=C/CC/C=C/CCCCCCCCCCCCCCCCCCCCCCCCCCCC. The van der Waals surface area contributed by atoms with Gasteiger partial charge in [-0.15, -0.1) is 0 Å². The van der Waals surface area contributed by atoms with Gasteiger partial charge in [-0.2, -0.15) is 0 Å². The van der Waals surface area contributed by atoms with Crippen LogP contribution in [0.3, 0.4) is 0 Å². The fraction of sp³-hybridized carbons (Fsp3) is 0.679. The normalized spacial score (nSPS) is 14.5. The number of carbonyl (C=O) groups excluding carboxylic acids is 1. The Morgan fingerprint density at radius 1 is 0.402 bits per heavy atom. The summed E-state index contributed by atoms with van der Waals surface area (Å²) in [6, 6.07) is -0.901. The number of allylic oxidation sites excluding steroid dienone is 23. The highest BCUT2D eigenvalue weighted by Crippen LogP contribution is 2.43. The van der Waals surface area contributed by atoms with E-state index in [-0.39, 0.29) is 25.5 Å². The third kappa shape index (κ3) is 69.7. The Bertz CT molecular complexity index is 1930. The topological polar surface area (TPSA) is 105 Å². The first-order valence-corrected chi connectivity index (χ1v) is 37.2. The monoisotopic (exact) mass is 1230 g/mol. The minimum Gasteiger partial charge on any atom is -0.387 e. The second-order valence-electron chi connectivity index (χ2n) is 24.9. The van der Waals surface area contributed by atoms with Crippen LogP contribution >= 0.6 is 7.82 Å². The number of amides is 1. The number of rotatable bonds is 64. The number of hydrogen-bond acceptors (Lipinski definition) is 5. The Kier molecular flexibility index (Phi) is 64.0. The number of aliphatic hydroxyl groups is 1. The summed E-state index contributed by atoms with van der Waals surface area (Å²) in [4.78, 5) is 23.4. The Hall–Kier alpha value is -3.62. The molecule has 0 aromatic heterocycles. The van der Waals surface area contributed by atoms with Crippen molar-refractivity contribution in [3.63, 3.8) is 0 Å². The molecule has 3 N–H and O–H groups in total. The van der Waals surface area contributed by atoms with Gasteiger partial charge < -0.3 is 19.8 Å². The van der Waals surface area contributed by atoms with Crippen molar-refractivity contribution in [1.29, 1.82) is 0 Å². The molecule has 0 bridgehead atoms. The maximum absolute atomic E-state index is 13.0. The van der Waals surface area contributed by atoms with Gasteiger partial charge in [0.2, 0.25) is 5.91 Å². The third-order valence-electron chi connectivity index (χ3n) is 15.3. The van der Waals surface area contributed by atoms with Crippen LogP contribution in [0.2, 0.25) is 0 Å². The predicted octanol–water partition coefficient (Wildman–Crippen LogP) is 23.2. The summed E-state index contributed by atoms with van der Waals surface area (Å²) in [5, 5.41) is 14.0. The van der Waals surface area contributed by atoms with Gasteiger partial charge in [-0.25, -0.2) is 4.57 Å². The highest BCUT2D eigenvalue weighted by Gasteiger charge is 2.28. The average molecular weight is 1230 g/mol. The number of unbranched alkanes of at least 4 members (excludes halogenated alkanes) is 29. The largest absolute Gasteiger partial charge is 0.472 e. The zero-order valence-corrected chi connectivity index (χ0v) is 57.9. The van der Waals surface area contributed by atoms with E-state index in [1.807, 2.05) is 27.2 Å². The zero-order chi connectivity index (χ0) is 63.4. The molecule has 0 aromatic carbocycles. The molecule has 8 nitrogen and oxygen atoms in total. The zero-order valence-electron chi connectivity index (χ0n) is 57.0. The van der Waals surface area contributed by atoms with Gasteiger partial charge in [-0.05, 0) is 109 Å². The molecule has 3 atom stereocenters. The van der Waals surface area contributed by atoms with E-state index in [1.165, 1.54) is 167 Å². The number of quaternary nitrogens is 1. The van der Waals surface area contributed by atoms with Crippen LogP contribution in [0.5, 0.6) is 0 Å². The molecule has 87 heavy (non-hydrogen) atoms. The predicted molar refractivity (Wildman–Crippen MR) is 382 cm³/mol. The van der Waals surface area contributed by atoms with E-state index < -0.39 is 20.0 Å². The molecule has 0 aliphatic rings. The van der Waals surface area contributed by atoms with Crippen LogP contribution in [0.15, 0.2) is 146 Å². The number of nitrogens with zero attached hydrogens (tertiary/aromatic N) is 1. The van der Waals surface area contributed by atoms with E-state index in [0.29, 0.717) is 17.4 Å². The van der Waals surface area contributed by atoms with Crippen LogP contribution in [-0.2, 0) is 18.4 Å². The second-order valence-corrected chi connectivity index (χ2v) is 26.3. The number of hydrogen-bond donors (Lipinski definition) is 3. The average Bonchev–Trinajstić information content (AvgIpc) is 3.71. The van der Waals surface area contributed by atoms with Crippen LogP contribution in [0, 0.1) is 0 Å². The van der Waals surface area contributed by atoms with Gasteiger partial charge in [0.25, 0.3) is 0 Å². The van der Waals surface area contributed by atoms with Gasteiger partial charge in [-0.1, -0.05) is 320 Å². The Morgan fingerprint density at radius 3 is 1.06 bits per heavy atom. The second kappa shape index (κ2) is 66.8. The highest BCUT2D eigenvalue weighted by molar-refractivity contribution is 7.47. The summed E-state index contributed by atoms with van der Waals surface area (Å²) >= 11 is 0. The van der Waals surface area contributed by atoms with Crippen LogP contribution in [-0.4, -0.2) is 73.4 Å². The van der Waals surface area contributed by atoms with Crippen LogP contribution in [0.4, 0.5) is 0 Å².